The van der Waals surface area contributed by atoms with Crippen LogP contribution >= 0.6 is 0 Å². The molecule has 0 aromatic rings. The lowest BCUT2D eigenvalue weighted by atomic mass is 10.3. The van der Waals surface area contributed by atoms with Gasteiger partial charge in [-0.1, -0.05) is 5.92 Å². The van der Waals surface area contributed by atoms with E-state index >= 15 is 0 Å². The number of hydrogen-bond acceptors (Lipinski definition) is 3. The number of rotatable bonds is 3. The van der Waals surface area contributed by atoms with E-state index in [4.69, 9.17) is 11.2 Å². The fraction of sp³-hybridized carbons (Fsp3) is 0.778. The van der Waals surface area contributed by atoms with Crippen molar-refractivity contribution in [1.82, 2.24) is 4.31 Å². The third-order valence-electron chi connectivity index (χ3n) is 2.44. The van der Waals surface area contributed by atoms with Gasteiger partial charge in [-0.2, -0.15) is 4.31 Å². The predicted octanol–water partition coefficient (Wildman–Crippen LogP) is 0.0586. The Kier molecular flexibility index (Phi) is 3.53. The molecule has 0 aromatic carbocycles. The molecule has 0 aromatic heterocycles. The van der Waals surface area contributed by atoms with Crippen molar-refractivity contribution in [2.24, 2.45) is 0 Å². The van der Waals surface area contributed by atoms with E-state index in [2.05, 4.69) is 5.92 Å². The molecule has 0 unspecified atom stereocenters. The highest BCUT2D eigenvalue weighted by Crippen LogP contribution is 2.22. The Morgan fingerprint density at radius 2 is 2.29 bits per heavy atom. The van der Waals surface area contributed by atoms with E-state index in [-0.39, 0.29) is 12.6 Å². The van der Waals surface area contributed by atoms with Crippen LogP contribution in [-0.2, 0) is 14.8 Å². The summed E-state index contributed by atoms with van der Waals surface area (Å²) in [5.41, 5.74) is 0. The van der Waals surface area contributed by atoms with Gasteiger partial charge < -0.3 is 4.74 Å². The van der Waals surface area contributed by atoms with Crippen LogP contribution in [0.4, 0.5) is 0 Å². The van der Waals surface area contributed by atoms with Crippen molar-refractivity contribution in [3.05, 3.63) is 0 Å². The quantitative estimate of drug-likeness (QED) is 0.628. The monoisotopic (exact) mass is 217 g/mol. The van der Waals surface area contributed by atoms with Crippen LogP contribution in [0.5, 0.6) is 0 Å². The molecular weight excluding hydrogens is 202 g/mol. The molecule has 0 amide bonds. The summed E-state index contributed by atoms with van der Waals surface area (Å²) in [6, 6.07) is 0. The van der Waals surface area contributed by atoms with Crippen LogP contribution in [0.2, 0.25) is 0 Å². The van der Waals surface area contributed by atoms with Gasteiger partial charge in [0.25, 0.3) is 0 Å². The number of sulfonamides is 1. The van der Waals surface area contributed by atoms with E-state index in [0.717, 1.165) is 0 Å². The van der Waals surface area contributed by atoms with Crippen LogP contribution < -0.4 is 0 Å². The van der Waals surface area contributed by atoms with Crippen molar-refractivity contribution >= 4 is 10.0 Å². The Balaban J connectivity index is 2.80. The molecule has 0 saturated carbocycles. The fourth-order valence-corrected chi connectivity index (χ4v) is 3.23. The van der Waals surface area contributed by atoms with Gasteiger partial charge in [0, 0.05) is 13.7 Å². The first-order valence-electron chi connectivity index (χ1n) is 4.50. The van der Waals surface area contributed by atoms with Gasteiger partial charge in [-0.25, -0.2) is 8.42 Å². The molecule has 0 aliphatic carbocycles. The molecular formula is C9H15NO3S. The topological polar surface area (TPSA) is 46.6 Å². The van der Waals surface area contributed by atoms with E-state index in [1.165, 1.54) is 11.4 Å². The molecule has 4 nitrogen and oxygen atoms in total. The molecule has 1 aliphatic heterocycles. The van der Waals surface area contributed by atoms with Crippen molar-refractivity contribution in [2.75, 3.05) is 20.2 Å². The molecule has 0 N–H and O–H groups in total. The second kappa shape index (κ2) is 4.30. The maximum Gasteiger partial charge on any atom is 0.220 e. The molecule has 0 spiro atoms. The van der Waals surface area contributed by atoms with Gasteiger partial charge in [-0.15, -0.1) is 6.42 Å². The first-order valence-corrected chi connectivity index (χ1v) is 6.00. The lowest BCUT2D eigenvalue weighted by Gasteiger charge is -2.21. The Hall–Kier alpha value is -0.570. The van der Waals surface area contributed by atoms with Gasteiger partial charge in [-0.05, 0) is 13.3 Å². The van der Waals surface area contributed by atoms with Crippen LogP contribution in [0.3, 0.4) is 0 Å². The lowest BCUT2D eigenvalue weighted by molar-refractivity contribution is 0.126. The van der Waals surface area contributed by atoms with Gasteiger partial charge in [0.1, 0.15) is 5.25 Å². The number of hydrogen-bond donors (Lipinski definition) is 0. The normalized spacial score (nSPS) is 27.9. The first kappa shape index (κ1) is 11.5. The van der Waals surface area contributed by atoms with E-state index in [1.54, 1.807) is 6.92 Å². The second-order valence-electron chi connectivity index (χ2n) is 3.41. The minimum Gasteiger partial charge on any atom is -0.377 e. The highest BCUT2D eigenvalue weighted by Gasteiger charge is 2.37. The van der Waals surface area contributed by atoms with Crippen LogP contribution in [0.15, 0.2) is 0 Å². The van der Waals surface area contributed by atoms with Gasteiger partial charge in [0.05, 0.1) is 12.6 Å². The fourth-order valence-electron chi connectivity index (χ4n) is 1.55. The summed E-state index contributed by atoms with van der Waals surface area (Å²) in [6.45, 7) is 2.40. The summed E-state index contributed by atoms with van der Waals surface area (Å²) >= 11 is 0. The average molecular weight is 217 g/mol. The molecule has 0 radical (unpaired) electrons. The summed E-state index contributed by atoms with van der Waals surface area (Å²) in [5, 5.41) is -0.444. The van der Waals surface area contributed by atoms with Crippen molar-refractivity contribution in [3.63, 3.8) is 0 Å². The first-order chi connectivity index (χ1) is 6.50. The van der Waals surface area contributed by atoms with E-state index in [9.17, 15) is 8.42 Å². The molecule has 0 bridgehead atoms. The Bertz CT molecular complexity index is 330. The van der Waals surface area contributed by atoms with E-state index < -0.39 is 15.3 Å². The lowest BCUT2D eigenvalue weighted by Crippen LogP contribution is -2.39. The number of terminal acetylenes is 1. The van der Waals surface area contributed by atoms with Gasteiger partial charge in [0.15, 0.2) is 0 Å². The number of nitrogens with zero attached hydrogens (tertiary/aromatic N) is 1. The van der Waals surface area contributed by atoms with Crippen molar-refractivity contribution in [2.45, 2.75) is 24.7 Å². The predicted molar refractivity (Wildman–Crippen MR) is 54.2 cm³/mol. The highest BCUT2D eigenvalue weighted by atomic mass is 32.2. The maximum absolute atomic E-state index is 11.9. The molecule has 2 atom stereocenters. The van der Waals surface area contributed by atoms with Crippen LogP contribution in [0, 0.1) is 12.3 Å². The second-order valence-corrected chi connectivity index (χ2v) is 5.67. The van der Waals surface area contributed by atoms with Crippen molar-refractivity contribution in [3.8, 4) is 12.3 Å². The highest BCUT2D eigenvalue weighted by molar-refractivity contribution is 7.89. The molecule has 1 saturated heterocycles. The molecule has 80 valence electrons. The van der Waals surface area contributed by atoms with Crippen LogP contribution in [-0.4, -0.2) is 44.3 Å². The largest absolute Gasteiger partial charge is 0.377 e. The molecule has 1 rings (SSSR count). The summed E-state index contributed by atoms with van der Waals surface area (Å²) in [4.78, 5) is 0. The van der Waals surface area contributed by atoms with Crippen LogP contribution in [0.1, 0.15) is 13.3 Å². The molecule has 14 heavy (non-hydrogen) atoms. The minimum absolute atomic E-state index is 0.117. The third-order valence-corrected chi connectivity index (χ3v) is 4.82. The summed E-state index contributed by atoms with van der Waals surface area (Å²) in [7, 11) is -1.78. The summed E-state index contributed by atoms with van der Waals surface area (Å²) in [5.74, 6) is 2.32. The van der Waals surface area contributed by atoms with Gasteiger partial charge in [0.2, 0.25) is 10.0 Å². The Labute approximate surface area is 85.3 Å². The summed E-state index contributed by atoms with van der Waals surface area (Å²) < 4.78 is 30.2. The zero-order valence-electron chi connectivity index (χ0n) is 8.43. The zero-order valence-corrected chi connectivity index (χ0v) is 9.25. The maximum atomic E-state index is 11.9. The number of ether oxygens (including phenoxy) is 1. The summed E-state index contributed by atoms with van der Waals surface area (Å²) in [6.07, 6.45) is 5.39. The Morgan fingerprint density at radius 3 is 2.71 bits per heavy atom. The molecule has 1 fully saturated rings. The van der Waals surface area contributed by atoms with Crippen molar-refractivity contribution < 1.29 is 13.2 Å². The smallest absolute Gasteiger partial charge is 0.220 e. The van der Waals surface area contributed by atoms with Crippen molar-refractivity contribution in [1.29, 1.82) is 0 Å². The van der Waals surface area contributed by atoms with Crippen LogP contribution in [0.25, 0.3) is 0 Å². The van der Waals surface area contributed by atoms with Gasteiger partial charge >= 0.3 is 0 Å². The standard InChI is InChI=1S/C9H15NO3S/c1-4-6-10(3)14(11,12)9-5-7-13-8(9)2/h1,8-9H,5-7H2,2-3H3/t8-,9+/m1/s1. The van der Waals surface area contributed by atoms with E-state index in [0.29, 0.717) is 13.0 Å². The molecule has 1 aliphatic rings. The van der Waals surface area contributed by atoms with E-state index in [1.807, 2.05) is 0 Å². The average Bonchev–Trinajstić information content (AvgIpc) is 2.52. The van der Waals surface area contributed by atoms with Gasteiger partial charge in [-0.3, -0.25) is 0 Å². The Morgan fingerprint density at radius 1 is 1.64 bits per heavy atom. The third kappa shape index (κ3) is 2.08. The molecule has 1 heterocycles. The molecule has 5 heteroatoms. The minimum atomic E-state index is -3.28. The SMILES string of the molecule is C#CCN(C)S(=O)(=O)[C@H]1CCO[C@@H]1C. The zero-order chi connectivity index (χ0) is 10.8.